The van der Waals surface area contributed by atoms with Crippen LogP contribution in [0.15, 0.2) is 0 Å². The van der Waals surface area contributed by atoms with Gasteiger partial charge in [0.05, 0.1) is 5.75 Å². The van der Waals surface area contributed by atoms with Crippen LogP contribution < -0.4 is 10.0 Å². The molecular formula is C12H22N2O2S. The molecular weight excluding hydrogens is 236 g/mol. The van der Waals surface area contributed by atoms with Gasteiger partial charge >= 0.3 is 0 Å². The number of hydrogen-bond donors (Lipinski definition) is 2. The Morgan fingerprint density at radius 2 is 2.29 bits per heavy atom. The lowest BCUT2D eigenvalue weighted by Crippen LogP contribution is -2.39. The van der Waals surface area contributed by atoms with E-state index in [1.807, 2.05) is 0 Å². The molecule has 1 heterocycles. The second-order valence-corrected chi connectivity index (χ2v) is 6.55. The van der Waals surface area contributed by atoms with E-state index < -0.39 is 10.0 Å². The van der Waals surface area contributed by atoms with Gasteiger partial charge in [-0.3, -0.25) is 0 Å². The summed E-state index contributed by atoms with van der Waals surface area (Å²) in [7, 11) is -3.19. The molecule has 4 nitrogen and oxygen atoms in total. The van der Waals surface area contributed by atoms with Crippen molar-refractivity contribution in [3.63, 3.8) is 0 Å². The average molecular weight is 258 g/mol. The zero-order chi connectivity index (χ0) is 12.7. The summed E-state index contributed by atoms with van der Waals surface area (Å²) >= 11 is 0. The van der Waals surface area contributed by atoms with E-state index in [1.165, 1.54) is 12.8 Å². The van der Waals surface area contributed by atoms with E-state index in [-0.39, 0.29) is 11.8 Å². The summed E-state index contributed by atoms with van der Waals surface area (Å²) in [5.74, 6) is 2.64. The van der Waals surface area contributed by atoms with Gasteiger partial charge in [0.1, 0.15) is 0 Å². The van der Waals surface area contributed by atoms with E-state index in [0.29, 0.717) is 18.9 Å². The molecule has 0 aromatic rings. The van der Waals surface area contributed by atoms with Crippen LogP contribution >= 0.6 is 0 Å². The molecule has 0 spiro atoms. The van der Waals surface area contributed by atoms with Crippen molar-refractivity contribution < 1.29 is 8.42 Å². The van der Waals surface area contributed by atoms with E-state index in [0.717, 1.165) is 13.0 Å². The number of piperidine rings is 1. The predicted octanol–water partition coefficient (Wildman–Crippen LogP) is 0.850. The second kappa shape index (κ2) is 7.00. The molecule has 1 fully saturated rings. The molecule has 0 aromatic carbocycles. The Kier molecular flexibility index (Phi) is 5.96. The first kappa shape index (κ1) is 14.5. The first-order chi connectivity index (χ1) is 8.03. The molecule has 0 aromatic heterocycles. The van der Waals surface area contributed by atoms with E-state index in [9.17, 15) is 8.42 Å². The van der Waals surface area contributed by atoms with E-state index >= 15 is 0 Å². The maximum Gasteiger partial charge on any atom is 0.211 e. The molecule has 17 heavy (non-hydrogen) atoms. The third-order valence-electron chi connectivity index (χ3n) is 2.95. The smallest absolute Gasteiger partial charge is 0.211 e. The molecule has 0 radical (unpaired) electrons. The molecule has 5 heteroatoms. The SMILES string of the molecule is C#CCC(C)NS(=O)(=O)CCC1CCCCN1. The van der Waals surface area contributed by atoms with Crippen molar-refractivity contribution in [3.8, 4) is 12.3 Å². The molecule has 0 bridgehead atoms. The van der Waals surface area contributed by atoms with Gasteiger partial charge < -0.3 is 5.32 Å². The number of nitrogens with one attached hydrogen (secondary N) is 2. The number of sulfonamides is 1. The van der Waals surface area contributed by atoms with Crippen LogP contribution in [0.5, 0.6) is 0 Å². The largest absolute Gasteiger partial charge is 0.314 e. The molecule has 1 aliphatic rings. The Morgan fingerprint density at radius 3 is 2.88 bits per heavy atom. The average Bonchev–Trinajstić information content (AvgIpc) is 2.27. The second-order valence-electron chi connectivity index (χ2n) is 4.68. The first-order valence-electron chi connectivity index (χ1n) is 6.20. The molecule has 2 N–H and O–H groups in total. The van der Waals surface area contributed by atoms with E-state index in [1.54, 1.807) is 6.92 Å². The van der Waals surface area contributed by atoms with Gasteiger partial charge in [0.15, 0.2) is 0 Å². The van der Waals surface area contributed by atoms with Crippen molar-refractivity contribution in [3.05, 3.63) is 0 Å². The predicted molar refractivity (Wildman–Crippen MR) is 70.1 cm³/mol. The topological polar surface area (TPSA) is 58.2 Å². The zero-order valence-electron chi connectivity index (χ0n) is 10.4. The summed E-state index contributed by atoms with van der Waals surface area (Å²) in [5.41, 5.74) is 0. The lowest BCUT2D eigenvalue weighted by atomic mass is 10.0. The molecule has 0 aliphatic carbocycles. The van der Waals surface area contributed by atoms with Crippen LogP contribution in [-0.2, 0) is 10.0 Å². The summed E-state index contributed by atoms with van der Waals surface area (Å²) in [6.45, 7) is 2.79. The Balaban J connectivity index is 2.31. The highest BCUT2D eigenvalue weighted by Crippen LogP contribution is 2.10. The van der Waals surface area contributed by atoms with Crippen LogP contribution in [0.4, 0.5) is 0 Å². The zero-order valence-corrected chi connectivity index (χ0v) is 11.2. The quantitative estimate of drug-likeness (QED) is 0.694. The van der Waals surface area contributed by atoms with Gasteiger partial charge in [-0.1, -0.05) is 6.42 Å². The molecule has 2 unspecified atom stereocenters. The molecule has 1 saturated heterocycles. The fraction of sp³-hybridized carbons (Fsp3) is 0.833. The fourth-order valence-corrected chi connectivity index (χ4v) is 3.46. The highest BCUT2D eigenvalue weighted by atomic mass is 32.2. The van der Waals surface area contributed by atoms with Crippen LogP contribution in [0.25, 0.3) is 0 Å². The summed E-state index contributed by atoms with van der Waals surface area (Å²) in [4.78, 5) is 0. The van der Waals surface area contributed by atoms with E-state index in [2.05, 4.69) is 16.0 Å². The molecule has 1 rings (SSSR count). The molecule has 0 amide bonds. The van der Waals surface area contributed by atoms with Crippen LogP contribution in [0, 0.1) is 12.3 Å². The monoisotopic (exact) mass is 258 g/mol. The van der Waals surface area contributed by atoms with Gasteiger partial charge in [0, 0.05) is 18.5 Å². The molecule has 1 aliphatic heterocycles. The van der Waals surface area contributed by atoms with Gasteiger partial charge in [0.2, 0.25) is 10.0 Å². The van der Waals surface area contributed by atoms with Crippen LogP contribution in [0.1, 0.15) is 39.0 Å². The maximum absolute atomic E-state index is 11.8. The van der Waals surface area contributed by atoms with Gasteiger partial charge in [-0.25, -0.2) is 13.1 Å². The molecule has 0 saturated carbocycles. The molecule has 2 atom stereocenters. The minimum atomic E-state index is -3.19. The first-order valence-corrected chi connectivity index (χ1v) is 7.85. The maximum atomic E-state index is 11.8. The van der Waals surface area contributed by atoms with Crippen molar-refractivity contribution in [1.29, 1.82) is 0 Å². The fourth-order valence-electron chi connectivity index (χ4n) is 2.05. The highest BCUT2D eigenvalue weighted by Gasteiger charge is 2.18. The van der Waals surface area contributed by atoms with Crippen molar-refractivity contribution in [2.45, 2.75) is 51.1 Å². The summed E-state index contributed by atoms with van der Waals surface area (Å²) in [5, 5.41) is 3.35. The van der Waals surface area contributed by atoms with Crippen molar-refractivity contribution >= 4 is 10.0 Å². The number of rotatable bonds is 6. The summed E-state index contributed by atoms with van der Waals surface area (Å²) < 4.78 is 26.1. The Morgan fingerprint density at radius 1 is 1.53 bits per heavy atom. The number of hydrogen-bond acceptors (Lipinski definition) is 3. The third kappa shape index (κ3) is 6.06. The molecule has 98 valence electrons. The van der Waals surface area contributed by atoms with Gasteiger partial charge in [-0.05, 0) is 32.7 Å². The minimum absolute atomic E-state index is 0.177. The van der Waals surface area contributed by atoms with Crippen LogP contribution in [0.2, 0.25) is 0 Å². The van der Waals surface area contributed by atoms with Gasteiger partial charge in [0.25, 0.3) is 0 Å². The lowest BCUT2D eigenvalue weighted by Gasteiger charge is -2.23. The van der Waals surface area contributed by atoms with E-state index in [4.69, 9.17) is 6.42 Å². The van der Waals surface area contributed by atoms with Crippen molar-refractivity contribution in [2.24, 2.45) is 0 Å². The Labute approximate surface area is 105 Å². The standard InChI is InChI=1S/C12H22N2O2S/c1-3-6-11(2)14-17(15,16)10-8-12-7-4-5-9-13-12/h1,11-14H,4-10H2,2H3. The highest BCUT2D eigenvalue weighted by molar-refractivity contribution is 7.89. The van der Waals surface area contributed by atoms with Gasteiger partial charge in [-0.15, -0.1) is 12.3 Å². The number of terminal acetylenes is 1. The van der Waals surface area contributed by atoms with Crippen molar-refractivity contribution in [1.82, 2.24) is 10.0 Å². The lowest BCUT2D eigenvalue weighted by molar-refractivity contribution is 0.392. The summed E-state index contributed by atoms with van der Waals surface area (Å²) in [6.07, 6.45) is 9.72. The van der Waals surface area contributed by atoms with Crippen LogP contribution in [0.3, 0.4) is 0 Å². The normalized spacial score (nSPS) is 22.9. The Bertz CT molecular complexity index is 353. The Hall–Kier alpha value is -0.570. The third-order valence-corrected chi connectivity index (χ3v) is 4.49. The van der Waals surface area contributed by atoms with Crippen molar-refractivity contribution in [2.75, 3.05) is 12.3 Å². The minimum Gasteiger partial charge on any atom is -0.314 e. The van der Waals surface area contributed by atoms with Crippen LogP contribution in [-0.4, -0.2) is 32.8 Å². The summed E-state index contributed by atoms with van der Waals surface area (Å²) in [6, 6.07) is 0.174. The van der Waals surface area contributed by atoms with Gasteiger partial charge in [-0.2, -0.15) is 0 Å².